The Labute approximate surface area is 119 Å². The maximum Gasteiger partial charge on any atom is 0.277 e. The number of aryl methyl sites for hydroxylation is 2. The van der Waals surface area contributed by atoms with Gasteiger partial charge in [-0.3, -0.25) is 9.89 Å². The van der Waals surface area contributed by atoms with Crippen LogP contribution in [0.3, 0.4) is 0 Å². The molecule has 0 aliphatic heterocycles. The molecule has 1 amide bonds. The molecule has 0 saturated carbocycles. The van der Waals surface area contributed by atoms with Gasteiger partial charge in [-0.2, -0.15) is 5.10 Å². The Morgan fingerprint density at radius 3 is 3.15 bits per heavy atom. The number of amides is 1. The molecule has 0 bridgehead atoms. The molecule has 3 rings (SSSR count). The molecule has 1 aliphatic carbocycles. The average Bonchev–Trinajstić information content (AvgIpc) is 3.11. The van der Waals surface area contributed by atoms with E-state index in [9.17, 15) is 4.79 Å². The summed E-state index contributed by atoms with van der Waals surface area (Å²) >= 11 is 1.23. The second kappa shape index (κ2) is 5.66. The van der Waals surface area contributed by atoms with Gasteiger partial charge in [-0.15, -0.1) is 10.2 Å². The van der Waals surface area contributed by atoms with Gasteiger partial charge in [-0.05, 0) is 24.8 Å². The third kappa shape index (κ3) is 2.84. The van der Waals surface area contributed by atoms with Crippen LogP contribution >= 0.6 is 11.8 Å². The molecule has 0 unspecified atom stereocenters. The molecule has 2 heterocycles. The Kier molecular flexibility index (Phi) is 3.72. The normalized spacial score (nSPS) is 13.4. The summed E-state index contributed by atoms with van der Waals surface area (Å²) in [7, 11) is 0. The predicted octanol–water partition coefficient (Wildman–Crippen LogP) is 0.998. The fourth-order valence-corrected chi connectivity index (χ4v) is 2.87. The van der Waals surface area contributed by atoms with Gasteiger partial charge in [-0.1, -0.05) is 11.8 Å². The van der Waals surface area contributed by atoms with Gasteiger partial charge >= 0.3 is 0 Å². The molecule has 0 saturated heterocycles. The first kappa shape index (κ1) is 13.2. The number of carbonyl (C=O) groups excluding carboxylic acids is 1. The van der Waals surface area contributed by atoms with Crippen molar-refractivity contribution in [1.29, 1.82) is 0 Å². The lowest BCUT2D eigenvalue weighted by Gasteiger charge is -2.03. The van der Waals surface area contributed by atoms with Crippen molar-refractivity contribution in [2.45, 2.75) is 38.0 Å². The van der Waals surface area contributed by atoms with Crippen molar-refractivity contribution in [3.8, 4) is 0 Å². The second-order valence-electron chi connectivity index (χ2n) is 4.63. The number of nitrogens with zero attached hydrogens (tertiary/aromatic N) is 3. The van der Waals surface area contributed by atoms with E-state index < -0.39 is 0 Å². The summed E-state index contributed by atoms with van der Waals surface area (Å²) in [5.74, 6) is 0.689. The van der Waals surface area contributed by atoms with Crippen molar-refractivity contribution >= 4 is 17.7 Å². The highest BCUT2D eigenvalue weighted by atomic mass is 32.2. The van der Waals surface area contributed by atoms with Gasteiger partial charge < -0.3 is 9.73 Å². The molecular weight excluding hydrogens is 278 g/mol. The summed E-state index contributed by atoms with van der Waals surface area (Å²) in [4.78, 5) is 11.8. The molecule has 0 aromatic carbocycles. The van der Waals surface area contributed by atoms with Crippen LogP contribution in [0.25, 0.3) is 0 Å². The number of fused-ring (bicyclic) bond motifs is 1. The molecule has 2 aromatic heterocycles. The summed E-state index contributed by atoms with van der Waals surface area (Å²) < 4.78 is 5.19. The minimum absolute atomic E-state index is 0.0689. The number of hydrogen-bond acceptors (Lipinski definition) is 6. The minimum atomic E-state index is -0.0689. The molecule has 2 N–H and O–H groups in total. The van der Waals surface area contributed by atoms with E-state index in [0.717, 1.165) is 25.0 Å². The highest BCUT2D eigenvalue weighted by Crippen LogP contribution is 2.22. The lowest BCUT2D eigenvalue weighted by molar-refractivity contribution is -0.118. The number of aromatic nitrogens is 4. The Balaban J connectivity index is 1.47. The maximum absolute atomic E-state index is 11.8. The largest absolute Gasteiger partial charge is 0.416 e. The molecule has 106 valence electrons. The Hall–Kier alpha value is -1.83. The number of thioether (sulfide) groups is 1. The molecular formula is C12H15N5O2S. The Morgan fingerprint density at radius 1 is 1.45 bits per heavy atom. The standard InChI is InChI=1S/C12H15N5O2S/c1-7-14-17-12(19-7)20-6-11(18)13-5-10-8-3-2-4-9(8)15-16-10/h2-6H2,1H3,(H,13,18)(H,15,16). The highest BCUT2D eigenvalue weighted by molar-refractivity contribution is 7.99. The van der Waals surface area contributed by atoms with Gasteiger partial charge in [0, 0.05) is 12.6 Å². The van der Waals surface area contributed by atoms with Crippen LogP contribution in [0.15, 0.2) is 9.64 Å². The fourth-order valence-electron chi connectivity index (χ4n) is 2.23. The van der Waals surface area contributed by atoms with Crippen LogP contribution in [0.2, 0.25) is 0 Å². The summed E-state index contributed by atoms with van der Waals surface area (Å²) in [5.41, 5.74) is 3.43. The summed E-state index contributed by atoms with van der Waals surface area (Å²) in [6.07, 6.45) is 3.27. The highest BCUT2D eigenvalue weighted by Gasteiger charge is 2.18. The van der Waals surface area contributed by atoms with Crippen LogP contribution in [0.5, 0.6) is 0 Å². The number of aromatic amines is 1. The fraction of sp³-hybridized carbons (Fsp3) is 0.500. The van der Waals surface area contributed by atoms with Crippen molar-refractivity contribution in [2.75, 3.05) is 5.75 Å². The zero-order valence-electron chi connectivity index (χ0n) is 11.1. The monoisotopic (exact) mass is 293 g/mol. The quantitative estimate of drug-likeness (QED) is 0.798. The van der Waals surface area contributed by atoms with E-state index in [1.807, 2.05) is 0 Å². The first-order chi connectivity index (χ1) is 9.72. The van der Waals surface area contributed by atoms with Crippen LogP contribution in [-0.2, 0) is 24.2 Å². The van der Waals surface area contributed by atoms with Gasteiger partial charge in [0.1, 0.15) is 0 Å². The summed E-state index contributed by atoms with van der Waals surface area (Å²) in [6, 6.07) is 0. The molecule has 1 aliphatic rings. The number of nitrogens with one attached hydrogen (secondary N) is 2. The van der Waals surface area contributed by atoms with Gasteiger partial charge in [0.2, 0.25) is 11.8 Å². The maximum atomic E-state index is 11.8. The zero-order chi connectivity index (χ0) is 13.9. The zero-order valence-corrected chi connectivity index (χ0v) is 11.9. The van der Waals surface area contributed by atoms with E-state index in [0.29, 0.717) is 17.7 Å². The SMILES string of the molecule is Cc1nnc(SCC(=O)NCc2n[nH]c3c2CCC3)o1. The minimum Gasteiger partial charge on any atom is -0.416 e. The van der Waals surface area contributed by atoms with Crippen molar-refractivity contribution in [2.24, 2.45) is 0 Å². The van der Waals surface area contributed by atoms with Gasteiger partial charge in [-0.25, -0.2) is 0 Å². The Bertz CT molecular complexity index is 621. The van der Waals surface area contributed by atoms with Crippen LogP contribution in [0, 0.1) is 6.92 Å². The van der Waals surface area contributed by atoms with Crippen LogP contribution in [-0.4, -0.2) is 32.1 Å². The summed E-state index contributed by atoms with van der Waals surface area (Å²) in [5, 5.41) is 18.1. The van der Waals surface area contributed by atoms with E-state index in [-0.39, 0.29) is 11.7 Å². The van der Waals surface area contributed by atoms with E-state index in [1.165, 1.54) is 23.0 Å². The van der Waals surface area contributed by atoms with Crippen molar-refractivity contribution < 1.29 is 9.21 Å². The molecule has 2 aromatic rings. The Morgan fingerprint density at radius 2 is 2.35 bits per heavy atom. The van der Waals surface area contributed by atoms with Gasteiger partial charge in [0.25, 0.3) is 5.22 Å². The topological polar surface area (TPSA) is 96.7 Å². The molecule has 0 radical (unpaired) electrons. The van der Waals surface area contributed by atoms with Crippen molar-refractivity contribution in [3.63, 3.8) is 0 Å². The molecule has 8 heteroatoms. The molecule has 7 nitrogen and oxygen atoms in total. The lowest BCUT2D eigenvalue weighted by atomic mass is 10.2. The van der Waals surface area contributed by atoms with Crippen LogP contribution in [0.1, 0.15) is 29.3 Å². The first-order valence-corrected chi connectivity index (χ1v) is 7.45. The summed E-state index contributed by atoms with van der Waals surface area (Å²) in [6.45, 7) is 2.18. The van der Waals surface area contributed by atoms with E-state index in [2.05, 4.69) is 25.7 Å². The molecule has 0 fully saturated rings. The number of rotatable bonds is 5. The lowest BCUT2D eigenvalue weighted by Crippen LogP contribution is -2.25. The van der Waals surface area contributed by atoms with Crippen LogP contribution < -0.4 is 5.32 Å². The van der Waals surface area contributed by atoms with E-state index in [4.69, 9.17) is 4.42 Å². The molecule has 0 spiro atoms. The smallest absolute Gasteiger partial charge is 0.277 e. The first-order valence-electron chi connectivity index (χ1n) is 6.47. The molecule has 0 atom stereocenters. The number of carbonyl (C=O) groups is 1. The van der Waals surface area contributed by atoms with Crippen LogP contribution in [0.4, 0.5) is 0 Å². The van der Waals surface area contributed by atoms with E-state index >= 15 is 0 Å². The second-order valence-corrected chi connectivity index (χ2v) is 5.56. The van der Waals surface area contributed by atoms with Crippen molar-refractivity contribution in [1.82, 2.24) is 25.7 Å². The van der Waals surface area contributed by atoms with Gasteiger partial charge in [0.15, 0.2) is 0 Å². The van der Waals surface area contributed by atoms with Gasteiger partial charge in [0.05, 0.1) is 18.0 Å². The number of H-pyrrole nitrogens is 1. The predicted molar refractivity (Wildman–Crippen MR) is 72.2 cm³/mol. The van der Waals surface area contributed by atoms with Crippen molar-refractivity contribution in [3.05, 3.63) is 22.8 Å². The van der Waals surface area contributed by atoms with E-state index in [1.54, 1.807) is 6.92 Å². The third-order valence-electron chi connectivity index (χ3n) is 3.18. The average molecular weight is 293 g/mol. The number of hydrogen-bond donors (Lipinski definition) is 2. The molecule has 20 heavy (non-hydrogen) atoms. The third-order valence-corrected chi connectivity index (χ3v) is 4.00.